The fourth-order valence-electron chi connectivity index (χ4n) is 4.60. The number of benzene rings is 2. The van der Waals surface area contributed by atoms with E-state index in [2.05, 4.69) is 0 Å². The number of nitrogens with zero attached hydrogens (tertiary/aromatic N) is 2. The first-order chi connectivity index (χ1) is 14.8. The van der Waals surface area contributed by atoms with Gasteiger partial charge in [0.2, 0.25) is 0 Å². The Morgan fingerprint density at radius 1 is 1.00 bits per heavy atom. The Hall–Kier alpha value is -3.45. The summed E-state index contributed by atoms with van der Waals surface area (Å²) in [5.41, 5.74) is -0.283. The van der Waals surface area contributed by atoms with Crippen LogP contribution >= 0.6 is 0 Å². The maximum absolute atomic E-state index is 13.8. The van der Waals surface area contributed by atoms with Gasteiger partial charge in [0.1, 0.15) is 5.76 Å². The topological polar surface area (TPSA) is 82.4 Å². The van der Waals surface area contributed by atoms with Crippen molar-refractivity contribution in [1.29, 1.82) is 0 Å². The van der Waals surface area contributed by atoms with Gasteiger partial charge in [0.05, 0.1) is 26.2 Å². The highest BCUT2D eigenvalue weighted by Gasteiger charge is 2.66. The zero-order valence-electron chi connectivity index (χ0n) is 17.9. The van der Waals surface area contributed by atoms with Gasteiger partial charge in [-0.1, -0.05) is 48.5 Å². The van der Waals surface area contributed by atoms with Gasteiger partial charge in [-0.2, -0.15) is 0 Å². The van der Waals surface area contributed by atoms with Crippen LogP contribution in [0.2, 0.25) is 0 Å². The lowest BCUT2D eigenvalue weighted by atomic mass is 9.82. The SMILES string of the molecule is CN1C(=O)[C@@]2(C(=C(O)c3ccccc3)C(=O)C(=O)N2CCC[NH+](C)C)c2ccccc21. The van der Waals surface area contributed by atoms with E-state index in [1.807, 2.05) is 14.1 Å². The Morgan fingerprint density at radius 2 is 1.65 bits per heavy atom. The van der Waals surface area contributed by atoms with Crippen LogP contribution in [0.15, 0.2) is 60.2 Å². The average molecular weight is 420 g/mol. The molecule has 0 bridgehead atoms. The number of carbonyl (C=O) groups excluding carboxylic acids is 3. The number of likely N-dealkylation sites (N-methyl/N-ethyl adjacent to an activating group) is 1. The van der Waals surface area contributed by atoms with E-state index in [1.165, 1.54) is 14.7 Å². The van der Waals surface area contributed by atoms with Crippen molar-refractivity contribution < 1.29 is 24.4 Å². The molecule has 7 nitrogen and oxygen atoms in total. The maximum Gasteiger partial charge on any atom is 0.296 e. The summed E-state index contributed by atoms with van der Waals surface area (Å²) in [5.74, 6) is -2.34. The fourth-order valence-corrected chi connectivity index (χ4v) is 4.60. The molecule has 2 aliphatic rings. The molecule has 0 aliphatic carbocycles. The molecule has 1 fully saturated rings. The summed E-state index contributed by atoms with van der Waals surface area (Å²) in [6.45, 7) is 0.999. The fraction of sp³-hybridized carbons (Fsp3) is 0.292. The third-order valence-corrected chi connectivity index (χ3v) is 6.05. The standard InChI is InChI=1S/C24H25N3O4/c1-25(2)14-9-15-27-22(30)21(29)19(20(28)16-10-5-4-6-11-16)24(27)17-12-7-8-13-18(17)26(3)23(24)31/h4-8,10-13,28H,9,14-15H2,1-3H3/p+1/t24-/m0/s1. The first-order valence-electron chi connectivity index (χ1n) is 10.3. The number of anilines is 1. The number of fused-ring (bicyclic) bond motifs is 2. The molecule has 2 aromatic rings. The molecule has 0 saturated carbocycles. The molecule has 31 heavy (non-hydrogen) atoms. The number of para-hydroxylation sites is 1. The lowest BCUT2D eigenvalue weighted by molar-refractivity contribution is -0.858. The van der Waals surface area contributed by atoms with Crippen molar-refractivity contribution in [3.8, 4) is 0 Å². The molecule has 7 heteroatoms. The van der Waals surface area contributed by atoms with Gasteiger partial charge >= 0.3 is 0 Å². The first-order valence-corrected chi connectivity index (χ1v) is 10.3. The first kappa shape index (κ1) is 20.8. The minimum absolute atomic E-state index is 0.164. The summed E-state index contributed by atoms with van der Waals surface area (Å²) < 4.78 is 0. The molecule has 0 aromatic heterocycles. The largest absolute Gasteiger partial charge is 0.507 e. The highest BCUT2D eigenvalue weighted by Crippen LogP contribution is 2.53. The zero-order chi connectivity index (χ0) is 22.3. The molecule has 1 atom stereocenters. The van der Waals surface area contributed by atoms with Crippen LogP contribution in [0.25, 0.3) is 5.76 Å². The molecule has 1 spiro atoms. The molecule has 2 heterocycles. The Bertz CT molecular complexity index is 1090. The Labute approximate surface area is 181 Å². The van der Waals surface area contributed by atoms with Gasteiger partial charge in [-0.25, -0.2) is 0 Å². The van der Waals surface area contributed by atoms with Crippen LogP contribution in [0.5, 0.6) is 0 Å². The predicted molar refractivity (Wildman–Crippen MR) is 117 cm³/mol. The summed E-state index contributed by atoms with van der Waals surface area (Å²) in [5, 5.41) is 11.2. The van der Waals surface area contributed by atoms with E-state index < -0.39 is 23.1 Å². The van der Waals surface area contributed by atoms with E-state index in [0.29, 0.717) is 23.2 Å². The minimum Gasteiger partial charge on any atom is -0.507 e. The van der Waals surface area contributed by atoms with Crippen molar-refractivity contribution in [3.05, 3.63) is 71.3 Å². The third kappa shape index (κ3) is 2.96. The molecule has 2 N–H and O–H groups in total. The van der Waals surface area contributed by atoms with E-state index in [-0.39, 0.29) is 17.9 Å². The molecule has 2 amide bonds. The quantitative estimate of drug-likeness (QED) is 0.425. The normalized spacial score (nSPS) is 22.1. The number of ketones is 1. The van der Waals surface area contributed by atoms with Crippen LogP contribution in [0.3, 0.4) is 0 Å². The lowest BCUT2D eigenvalue weighted by Crippen LogP contribution is -3.05. The lowest BCUT2D eigenvalue weighted by Gasteiger charge is -2.34. The van der Waals surface area contributed by atoms with Crippen molar-refractivity contribution >= 4 is 29.0 Å². The van der Waals surface area contributed by atoms with E-state index in [0.717, 1.165) is 6.54 Å². The summed E-state index contributed by atoms with van der Waals surface area (Å²) in [6, 6.07) is 15.7. The molecule has 0 unspecified atom stereocenters. The van der Waals surface area contributed by atoms with E-state index in [1.54, 1.807) is 61.6 Å². The number of nitrogens with one attached hydrogen (secondary N) is 1. The number of hydrogen-bond donors (Lipinski definition) is 2. The van der Waals surface area contributed by atoms with Crippen molar-refractivity contribution in [2.45, 2.75) is 12.0 Å². The van der Waals surface area contributed by atoms with E-state index in [4.69, 9.17) is 0 Å². The van der Waals surface area contributed by atoms with E-state index in [9.17, 15) is 19.5 Å². The van der Waals surface area contributed by atoms with Crippen LogP contribution in [-0.2, 0) is 19.9 Å². The third-order valence-electron chi connectivity index (χ3n) is 6.05. The monoisotopic (exact) mass is 420 g/mol. The summed E-state index contributed by atoms with van der Waals surface area (Å²) in [7, 11) is 5.63. The van der Waals surface area contributed by atoms with Gasteiger partial charge in [-0.3, -0.25) is 14.4 Å². The average Bonchev–Trinajstić information content (AvgIpc) is 3.13. The molecule has 1 saturated heterocycles. The Morgan fingerprint density at radius 3 is 2.32 bits per heavy atom. The van der Waals surface area contributed by atoms with E-state index >= 15 is 0 Å². The second-order valence-corrected chi connectivity index (χ2v) is 8.28. The molecule has 2 aromatic carbocycles. The van der Waals surface area contributed by atoms with Crippen molar-refractivity contribution in [1.82, 2.24) is 4.90 Å². The number of carbonyl (C=O) groups is 3. The Balaban J connectivity index is 1.99. The van der Waals surface area contributed by atoms with Crippen molar-refractivity contribution in [2.75, 3.05) is 39.1 Å². The molecular weight excluding hydrogens is 394 g/mol. The molecule has 0 radical (unpaired) electrons. The van der Waals surface area contributed by atoms with Crippen LogP contribution in [-0.4, -0.2) is 61.8 Å². The summed E-state index contributed by atoms with van der Waals surface area (Å²) in [6.07, 6.45) is 0.613. The van der Waals surface area contributed by atoms with Crippen molar-refractivity contribution in [3.63, 3.8) is 0 Å². The smallest absolute Gasteiger partial charge is 0.296 e. The van der Waals surface area contributed by atoms with Gasteiger partial charge in [-0.05, 0) is 6.07 Å². The summed E-state index contributed by atoms with van der Waals surface area (Å²) in [4.78, 5) is 44.2. The maximum atomic E-state index is 13.8. The second kappa shape index (κ2) is 7.67. The number of hydrogen-bond acceptors (Lipinski definition) is 4. The van der Waals surface area contributed by atoms with Gasteiger partial charge in [0, 0.05) is 36.8 Å². The number of Topliss-reactive ketones (excluding diaryl/α,β-unsaturated/α-hetero) is 1. The molecule has 2 aliphatic heterocycles. The number of aliphatic hydroxyl groups is 1. The van der Waals surface area contributed by atoms with Crippen molar-refractivity contribution in [2.24, 2.45) is 0 Å². The second-order valence-electron chi connectivity index (χ2n) is 8.28. The van der Waals surface area contributed by atoms with Gasteiger partial charge in [0.25, 0.3) is 17.6 Å². The number of quaternary nitrogens is 1. The molecular formula is C24H26N3O4+. The summed E-state index contributed by atoms with van der Waals surface area (Å²) >= 11 is 0. The minimum atomic E-state index is -1.67. The van der Waals surface area contributed by atoms with Crippen LogP contribution in [0.4, 0.5) is 5.69 Å². The highest BCUT2D eigenvalue weighted by atomic mass is 16.3. The van der Waals surface area contributed by atoms with Gasteiger partial charge < -0.3 is 19.8 Å². The predicted octanol–water partition coefficient (Wildman–Crippen LogP) is 0.774. The highest BCUT2D eigenvalue weighted by molar-refractivity contribution is 6.50. The zero-order valence-corrected chi connectivity index (χ0v) is 17.9. The van der Waals surface area contributed by atoms with Gasteiger partial charge in [0.15, 0.2) is 5.54 Å². The van der Waals surface area contributed by atoms with Gasteiger partial charge in [-0.15, -0.1) is 0 Å². The number of rotatable bonds is 5. The molecule has 4 rings (SSSR count). The number of amides is 2. The number of aliphatic hydroxyl groups excluding tert-OH is 1. The number of likely N-dealkylation sites (tertiary alicyclic amines) is 1. The van der Waals surface area contributed by atoms with Crippen LogP contribution < -0.4 is 9.80 Å². The Kier molecular flexibility index (Phi) is 5.15. The molecule has 160 valence electrons. The van der Waals surface area contributed by atoms with Crippen LogP contribution in [0, 0.1) is 0 Å². The van der Waals surface area contributed by atoms with Crippen LogP contribution in [0.1, 0.15) is 17.5 Å².